The molecule has 0 fully saturated rings. The number of hydrogen-bond donors (Lipinski definition) is 3. The summed E-state index contributed by atoms with van der Waals surface area (Å²) in [6.07, 6.45) is 6.44. The van der Waals surface area contributed by atoms with Crippen LogP contribution >= 0.6 is 0 Å². The number of carbonyl (C=O) groups excluding carboxylic acids is 2. The zero-order valence-corrected chi connectivity index (χ0v) is 19.0. The number of anilines is 2. The number of pyridine rings is 1. The predicted octanol–water partition coefficient (Wildman–Crippen LogP) is 4.79. The summed E-state index contributed by atoms with van der Waals surface area (Å²) in [6, 6.07) is 14.2. The molecule has 4 aromatic rings. The fourth-order valence-electron chi connectivity index (χ4n) is 3.46. The first-order chi connectivity index (χ1) is 16.5. The van der Waals surface area contributed by atoms with Crippen LogP contribution in [0.15, 0.2) is 67.0 Å². The Morgan fingerprint density at radius 2 is 1.82 bits per heavy atom. The molecule has 0 atom stereocenters. The van der Waals surface area contributed by atoms with Crippen LogP contribution in [0.4, 0.5) is 11.4 Å². The molecule has 2 aromatic carbocycles. The van der Waals surface area contributed by atoms with E-state index in [0.29, 0.717) is 28.4 Å². The standard InChI is InChI=1S/C26H24N4O4/c1-16-4-7-19(29-24(31)9-6-17-5-8-21(33-2)14-23(17)34-3)13-22(16)26(32)30-20-12-18-10-11-27-25(18)28-15-20/h4-15H,1-3H3,(H,27,28)(H,29,31)(H,30,32)/b9-6+. The van der Waals surface area contributed by atoms with Gasteiger partial charge in [-0.1, -0.05) is 6.07 Å². The minimum atomic E-state index is -0.338. The normalized spacial score (nSPS) is 10.9. The van der Waals surface area contributed by atoms with Gasteiger partial charge in [0.25, 0.3) is 5.91 Å². The molecular weight excluding hydrogens is 432 g/mol. The molecule has 8 heteroatoms. The summed E-state index contributed by atoms with van der Waals surface area (Å²) in [5.74, 6) is 0.622. The number of fused-ring (bicyclic) bond motifs is 1. The van der Waals surface area contributed by atoms with Crippen molar-refractivity contribution in [1.82, 2.24) is 9.97 Å². The van der Waals surface area contributed by atoms with Crippen molar-refractivity contribution in [2.45, 2.75) is 6.92 Å². The molecule has 0 aliphatic rings. The fraction of sp³-hybridized carbons (Fsp3) is 0.115. The molecule has 0 aliphatic heterocycles. The van der Waals surface area contributed by atoms with E-state index in [2.05, 4.69) is 20.6 Å². The Balaban J connectivity index is 1.46. The quantitative estimate of drug-likeness (QED) is 0.347. The Hall–Kier alpha value is -4.59. The van der Waals surface area contributed by atoms with E-state index in [-0.39, 0.29) is 11.8 Å². The molecule has 0 bridgehead atoms. The van der Waals surface area contributed by atoms with E-state index in [4.69, 9.17) is 9.47 Å². The van der Waals surface area contributed by atoms with Crippen molar-refractivity contribution in [1.29, 1.82) is 0 Å². The highest BCUT2D eigenvalue weighted by molar-refractivity contribution is 6.07. The Morgan fingerprint density at radius 3 is 2.62 bits per heavy atom. The molecule has 0 aliphatic carbocycles. The summed E-state index contributed by atoms with van der Waals surface area (Å²) in [5, 5.41) is 6.55. The molecule has 2 amide bonds. The van der Waals surface area contributed by atoms with Gasteiger partial charge in [-0.05, 0) is 55.0 Å². The second-order valence-corrected chi connectivity index (χ2v) is 7.55. The first kappa shape index (κ1) is 22.6. The van der Waals surface area contributed by atoms with Gasteiger partial charge in [0.15, 0.2) is 0 Å². The van der Waals surface area contributed by atoms with Crippen LogP contribution in [0.3, 0.4) is 0 Å². The van der Waals surface area contributed by atoms with Crippen LogP contribution in [0.2, 0.25) is 0 Å². The van der Waals surface area contributed by atoms with Crippen molar-refractivity contribution < 1.29 is 19.1 Å². The summed E-state index contributed by atoms with van der Waals surface area (Å²) < 4.78 is 10.5. The Morgan fingerprint density at radius 1 is 0.971 bits per heavy atom. The minimum absolute atomic E-state index is 0.288. The smallest absolute Gasteiger partial charge is 0.256 e. The van der Waals surface area contributed by atoms with Crippen molar-refractivity contribution >= 4 is 40.3 Å². The van der Waals surface area contributed by atoms with Gasteiger partial charge in [0, 0.05) is 40.5 Å². The van der Waals surface area contributed by atoms with E-state index >= 15 is 0 Å². The second-order valence-electron chi connectivity index (χ2n) is 7.55. The maximum Gasteiger partial charge on any atom is 0.256 e. The van der Waals surface area contributed by atoms with Crippen molar-refractivity contribution in [3.8, 4) is 11.5 Å². The predicted molar refractivity (Wildman–Crippen MR) is 132 cm³/mol. The van der Waals surface area contributed by atoms with Crippen molar-refractivity contribution in [2.75, 3.05) is 24.9 Å². The van der Waals surface area contributed by atoms with Crippen molar-refractivity contribution in [3.05, 3.63) is 83.7 Å². The van der Waals surface area contributed by atoms with Gasteiger partial charge in [0.1, 0.15) is 17.1 Å². The largest absolute Gasteiger partial charge is 0.497 e. The number of carbonyl (C=O) groups is 2. The molecule has 0 saturated heterocycles. The maximum absolute atomic E-state index is 12.9. The lowest BCUT2D eigenvalue weighted by atomic mass is 10.1. The van der Waals surface area contributed by atoms with Crippen LogP contribution < -0.4 is 20.1 Å². The highest BCUT2D eigenvalue weighted by Crippen LogP contribution is 2.26. The summed E-state index contributed by atoms with van der Waals surface area (Å²) in [6.45, 7) is 1.84. The lowest BCUT2D eigenvalue weighted by Crippen LogP contribution is -2.15. The van der Waals surface area contributed by atoms with Crippen LogP contribution in [-0.4, -0.2) is 36.0 Å². The van der Waals surface area contributed by atoms with E-state index in [1.807, 2.05) is 19.1 Å². The summed E-state index contributed by atoms with van der Waals surface area (Å²) in [5.41, 5.74) is 3.81. The second kappa shape index (κ2) is 9.91. The average molecular weight is 457 g/mol. The van der Waals surface area contributed by atoms with Crippen LogP contribution in [-0.2, 0) is 4.79 Å². The highest BCUT2D eigenvalue weighted by Gasteiger charge is 2.12. The van der Waals surface area contributed by atoms with Gasteiger partial charge in [-0.15, -0.1) is 0 Å². The molecule has 0 unspecified atom stereocenters. The van der Waals surface area contributed by atoms with E-state index in [0.717, 1.165) is 22.2 Å². The number of amides is 2. The van der Waals surface area contributed by atoms with E-state index in [1.54, 1.807) is 69.1 Å². The molecule has 172 valence electrons. The molecule has 2 heterocycles. The third kappa shape index (κ3) is 5.07. The van der Waals surface area contributed by atoms with Gasteiger partial charge >= 0.3 is 0 Å². The average Bonchev–Trinajstić information content (AvgIpc) is 3.31. The molecule has 0 radical (unpaired) electrons. The lowest BCUT2D eigenvalue weighted by Gasteiger charge is -2.10. The number of aromatic nitrogens is 2. The number of nitrogens with one attached hydrogen (secondary N) is 3. The maximum atomic E-state index is 12.9. The van der Waals surface area contributed by atoms with Gasteiger partial charge in [-0.25, -0.2) is 4.98 Å². The fourth-order valence-corrected chi connectivity index (χ4v) is 3.46. The first-order valence-corrected chi connectivity index (χ1v) is 10.5. The zero-order valence-electron chi connectivity index (χ0n) is 19.0. The number of nitrogens with zero attached hydrogens (tertiary/aromatic N) is 1. The van der Waals surface area contributed by atoms with Gasteiger partial charge in [-0.3, -0.25) is 9.59 Å². The van der Waals surface area contributed by atoms with Crippen LogP contribution in [0.1, 0.15) is 21.5 Å². The minimum Gasteiger partial charge on any atom is -0.497 e. The van der Waals surface area contributed by atoms with Gasteiger partial charge in [-0.2, -0.15) is 0 Å². The zero-order chi connectivity index (χ0) is 24.1. The molecule has 34 heavy (non-hydrogen) atoms. The number of H-pyrrole nitrogens is 1. The van der Waals surface area contributed by atoms with Gasteiger partial charge in [0.05, 0.1) is 26.1 Å². The number of rotatable bonds is 7. The number of benzene rings is 2. The Kier molecular flexibility index (Phi) is 6.59. The number of methoxy groups -OCH3 is 2. The van der Waals surface area contributed by atoms with E-state index in [9.17, 15) is 9.59 Å². The molecule has 2 aromatic heterocycles. The van der Waals surface area contributed by atoms with Gasteiger partial charge in [0.2, 0.25) is 5.91 Å². The van der Waals surface area contributed by atoms with Crippen LogP contribution in [0.25, 0.3) is 17.1 Å². The molecule has 4 rings (SSSR count). The van der Waals surface area contributed by atoms with Gasteiger partial charge < -0.3 is 25.1 Å². The third-order valence-corrected chi connectivity index (χ3v) is 5.26. The highest BCUT2D eigenvalue weighted by atomic mass is 16.5. The third-order valence-electron chi connectivity index (χ3n) is 5.26. The number of ether oxygens (including phenoxy) is 2. The summed E-state index contributed by atoms with van der Waals surface area (Å²) >= 11 is 0. The summed E-state index contributed by atoms with van der Waals surface area (Å²) in [4.78, 5) is 32.7. The number of hydrogen-bond acceptors (Lipinski definition) is 5. The number of aromatic amines is 1. The Bertz CT molecular complexity index is 1390. The lowest BCUT2D eigenvalue weighted by molar-refractivity contribution is -0.111. The molecular formula is C26H24N4O4. The molecule has 3 N–H and O–H groups in total. The monoisotopic (exact) mass is 456 g/mol. The van der Waals surface area contributed by atoms with Crippen LogP contribution in [0, 0.1) is 6.92 Å². The SMILES string of the molecule is COc1ccc(/C=C/C(=O)Nc2ccc(C)c(C(=O)Nc3cnc4[nH]ccc4c3)c2)c(OC)c1. The topological polar surface area (TPSA) is 105 Å². The van der Waals surface area contributed by atoms with E-state index < -0.39 is 0 Å². The molecule has 0 spiro atoms. The number of aryl methyl sites for hydroxylation is 1. The molecule has 8 nitrogen and oxygen atoms in total. The summed E-state index contributed by atoms with van der Waals surface area (Å²) in [7, 11) is 3.13. The van der Waals surface area contributed by atoms with Crippen molar-refractivity contribution in [2.24, 2.45) is 0 Å². The molecule has 0 saturated carbocycles. The van der Waals surface area contributed by atoms with Crippen molar-refractivity contribution in [3.63, 3.8) is 0 Å². The Labute approximate surface area is 196 Å². The van der Waals surface area contributed by atoms with E-state index in [1.165, 1.54) is 6.08 Å². The first-order valence-electron chi connectivity index (χ1n) is 10.5. The van der Waals surface area contributed by atoms with Crippen LogP contribution in [0.5, 0.6) is 11.5 Å².